The van der Waals surface area contributed by atoms with Gasteiger partial charge in [-0.2, -0.15) is 0 Å². The topological polar surface area (TPSA) is 34.1 Å². The molecule has 2 aromatic rings. The smallest absolute Gasteiger partial charge is 0.178 e. The zero-order valence-corrected chi connectivity index (χ0v) is 11.8. The van der Waals surface area contributed by atoms with Crippen LogP contribution in [0.25, 0.3) is 10.8 Å². The van der Waals surface area contributed by atoms with Crippen LogP contribution < -0.4 is 0 Å². The largest absolute Gasteiger partial charge is 0.224 e. The van der Waals surface area contributed by atoms with Gasteiger partial charge in [0, 0.05) is 0 Å². The molecule has 0 aliphatic rings. The summed E-state index contributed by atoms with van der Waals surface area (Å²) in [4.78, 5) is 0.415. The summed E-state index contributed by atoms with van der Waals surface area (Å²) in [6.45, 7) is 5.94. The lowest BCUT2D eigenvalue weighted by Gasteiger charge is -2.08. The number of sulfone groups is 1. The van der Waals surface area contributed by atoms with Crippen molar-refractivity contribution in [3.8, 4) is 0 Å². The molecule has 2 rings (SSSR count). The number of rotatable bonds is 3. The van der Waals surface area contributed by atoms with Crippen LogP contribution in [0.4, 0.5) is 0 Å². The average Bonchev–Trinajstić information content (AvgIpc) is 2.37. The van der Waals surface area contributed by atoms with E-state index in [1.165, 1.54) is 5.56 Å². The molecular formula is C15H18O2S. The van der Waals surface area contributed by atoms with E-state index in [0.717, 1.165) is 10.8 Å². The first kappa shape index (κ1) is 13.1. The molecule has 96 valence electrons. The lowest BCUT2D eigenvalue weighted by atomic mass is 9.99. The first-order chi connectivity index (χ1) is 8.44. The van der Waals surface area contributed by atoms with Gasteiger partial charge in [0.1, 0.15) is 0 Å². The van der Waals surface area contributed by atoms with Crippen LogP contribution in [0.15, 0.2) is 41.3 Å². The van der Waals surface area contributed by atoms with Crippen LogP contribution in [0, 0.1) is 0 Å². The number of hydrogen-bond acceptors (Lipinski definition) is 2. The van der Waals surface area contributed by atoms with Crippen LogP contribution in [-0.2, 0) is 9.84 Å². The third kappa shape index (κ3) is 2.41. The first-order valence-electron chi connectivity index (χ1n) is 6.20. The molecular weight excluding hydrogens is 244 g/mol. The Balaban J connectivity index is 2.63. The molecule has 18 heavy (non-hydrogen) atoms. The molecule has 0 aliphatic carbocycles. The second kappa shape index (κ2) is 4.73. The van der Waals surface area contributed by atoms with Crippen molar-refractivity contribution in [1.29, 1.82) is 0 Å². The SMILES string of the molecule is CCS(=O)(=O)c1ccc2ccc(C(C)C)cc2c1. The summed E-state index contributed by atoms with van der Waals surface area (Å²) in [7, 11) is -3.12. The van der Waals surface area contributed by atoms with Crippen molar-refractivity contribution in [2.75, 3.05) is 5.75 Å². The van der Waals surface area contributed by atoms with E-state index >= 15 is 0 Å². The molecule has 0 amide bonds. The maximum atomic E-state index is 11.9. The molecule has 0 N–H and O–H groups in total. The third-order valence-electron chi connectivity index (χ3n) is 3.24. The van der Waals surface area contributed by atoms with Crippen molar-refractivity contribution in [3.05, 3.63) is 42.0 Å². The molecule has 0 fully saturated rings. The molecule has 0 heterocycles. The normalized spacial score (nSPS) is 12.2. The van der Waals surface area contributed by atoms with Crippen molar-refractivity contribution in [2.45, 2.75) is 31.6 Å². The average molecular weight is 262 g/mol. The fourth-order valence-corrected chi connectivity index (χ4v) is 2.88. The van der Waals surface area contributed by atoms with Gasteiger partial charge in [0.05, 0.1) is 10.6 Å². The summed E-state index contributed by atoms with van der Waals surface area (Å²) in [5, 5.41) is 2.07. The molecule has 0 saturated heterocycles. The second-order valence-electron chi connectivity index (χ2n) is 4.83. The van der Waals surface area contributed by atoms with Gasteiger partial charge in [0.2, 0.25) is 0 Å². The highest BCUT2D eigenvalue weighted by Gasteiger charge is 2.12. The minimum absolute atomic E-state index is 0.141. The van der Waals surface area contributed by atoms with Gasteiger partial charge in [0.15, 0.2) is 9.84 Å². The van der Waals surface area contributed by atoms with Gasteiger partial charge in [-0.05, 0) is 34.4 Å². The molecule has 2 nitrogen and oxygen atoms in total. The van der Waals surface area contributed by atoms with Crippen LogP contribution in [0.2, 0.25) is 0 Å². The van der Waals surface area contributed by atoms with Crippen molar-refractivity contribution in [3.63, 3.8) is 0 Å². The Bertz CT molecular complexity index is 670. The van der Waals surface area contributed by atoms with Gasteiger partial charge < -0.3 is 0 Å². The zero-order valence-electron chi connectivity index (χ0n) is 11.0. The highest BCUT2D eigenvalue weighted by molar-refractivity contribution is 7.91. The Kier molecular flexibility index (Phi) is 3.44. The van der Waals surface area contributed by atoms with Gasteiger partial charge in [-0.15, -0.1) is 0 Å². The summed E-state index contributed by atoms with van der Waals surface area (Å²) in [6.07, 6.45) is 0. The monoisotopic (exact) mass is 262 g/mol. The van der Waals surface area contributed by atoms with Crippen LogP contribution in [0.3, 0.4) is 0 Å². The molecule has 3 heteroatoms. The molecule has 2 aromatic carbocycles. The minimum Gasteiger partial charge on any atom is -0.224 e. The Labute approximate surface area is 109 Å². The van der Waals surface area contributed by atoms with Gasteiger partial charge >= 0.3 is 0 Å². The van der Waals surface area contributed by atoms with Crippen LogP contribution in [0.1, 0.15) is 32.3 Å². The van der Waals surface area contributed by atoms with Gasteiger partial charge in [-0.25, -0.2) is 8.42 Å². The van der Waals surface area contributed by atoms with Crippen molar-refractivity contribution in [2.24, 2.45) is 0 Å². The lowest BCUT2D eigenvalue weighted by Crippen LogP contribution is -2.03. The van der Waals surface area contributed by atoms with Gasteiger partial charge in [0.25, 0.3) is 0 Å². The van der Waals surface area contributed by atoms with E-state index in [4.69, 9.17) is 0 Å². The van der Waals surface area contributed by atoms with Crippen molar-refractivity contribution >= 4 is 20.6 Å². The van der Waals surface area contributed by atoms with Crippen LogP contribution in [0.5, 0.6) is 0 Å². The second-order valence-corrected chi connectivity index (χ2v) is 7.10. The van der Waals surface area contributed by atoms with Crippen molar-refractivity contribution < 1.29 is 8.42 Å². The Morgan fingerprint density at radius 1 is 1.00 bits per heavy atom. The molecule has 0 bridgehead atoms. The van der Waals surface area contributed by atoms with E-state index in [9.17, 15) is 8.42 Å². The van der Waals surface area contributed by atoms with E-state index in [1.807, 2.05) is 12.1 Å². The lowest BCUT2D eigenvalue weighted by molar-refractivity contribution is 0.597. The first-order valence-corrected chi connectivity index (χ1v) is 7.85. The standard InChI is InChI=1S/C15H18O2S/c1-4-18(16,17)15-8-7-12-5-6-13(11(2)3)9-14(12)10-15/h5-11H,4H2,1-3H3. The highest BCUT2D eigenvalue weighted by Crippen LogP contribution is 2.24. The molecule has 0 saturated carbocycles. The van der Waals surface area contributed by atoms with Crippen molar-refractivity contribution in [1.82, 2.24) is 0 Å². The third-order valence-corrected chi connectivity index (χ3v) is 4.97. The fraction of sp³-hybridized carbons (Fsp3) is 0.333. The van der Waals surface area contributed by atoms with Gasteiger partial charge in [-0.3, -0.25) is 0 Å². The predicted octanol–water partition coefficient (Wildman–Crippen LogP) is 3.76. The summed E-state index contributed by atoms with van der Waals surface area (Å²) in [5.41, 5.74) is 1.23. The van der Waals surface area contributed by atoms with Gasteiger partial charge in [-0.1, -0.05) is 45.0 Å². The highest BCUT2D eigenvalue weighted by atomic mass is 32.2. The van der Waals surface area contributed by atoms with E-state index in [-0.39, 0.29) is 5.75 Å². The zero-order chi connectivity index (χ0) is 13.3. The molecule has 0 aliphatic heterocycles. The number of fused-ring (bicyclic) bond motifs is 1. The molecule has 0 atom stereocenters. The predicted molar refractivity (Wildman–Crippen MR) is 75.8 cm³/mol. The van der Waals surface area contributed by atoms with Crippen LogP contribution in [-0.4, -0.2) is 14.2 Å². The molecule has 0 aromatic heterocycles. The van der Waals surface area contributed by atoms with E-state index in [1.54, 1.807) is 19.1 Å². The summed E-state index contributed by atoms with van der Waals surface area (Å²) in [5.74, 6) is 0.586. The quantitative estimate of drug-likeness (QED) is 0.844. The molecule has 0 radical (unpaired) electrons. The van der Waals surface area contributed by atoms with E-state index in [0.29, 0.717) is 10.8 Å². The minimum atomic E-state index is -3.12. The molecule has 0 unspecified atom stereocenters. The molecule has 0 spiro atoms. The fourth-order valence-electron chi connectivity index (χ4n) is 1.96. The summed E-state index contributed by atoms with van der Waals surface area (Å²) >= 11 is 0. The number of hydrogen-bond donors (Lipinski definition) is 0. The summed E-state index contributed by atoms with van der Waals surface area (Å²) < 4.78 is 23.7. The van der Waals surface area contributed by atoms with Crippen LogP contribution >= 0.6 is 0 Å². The summed E-state index contributed by atoms with van der Waals surface area (Å²) in [6, 6.07) is 11.6. The Morgan fingerprint density at radius 2 is 1.67 bits per heavy atom. The number of benzene rings is 2. The Morgan fingerprint density at radius 3 is 2.28 bits per heavy atom. The Hall–Kier alpha value is -1.35. The maximum Gasteiger partial charge on any atom is 0.178 e. The van der Waals surface area contributed by atoms with E-state index in [2.05, 4.69) is 26.0 Å². The van der Waals surface area contributed by atoms with E-state index < -0.39 is 9.84 Å². The maximum absolute atomic E-state index is 11.9.